The Labute approximate surface area is 212 Å². The number of carbonyl (C=O) groups excluding carboxylic acids is 2. The third-order valence-corrected chi connectivity index (χ3v) is 6.87. The lowest BCUT2D eigenvalue weighted by molar-refractivity contribution is -0.115. The van der Waals surface area contributed by atoms with E-state index in [1.807, 2.05) is 84.3 Å². The van der Waals surface area contributed by atoms with Crippen LogP contribution in [-0.2, 0) is 17.8 Å². The van der Waals surface area contributed by atoms with Crippen molar-refractivity contribution in [2.75, 3.05) is 0 Å². The van der Waals surface area contributed by atoms with Crippen molar-refractivity contribution in [3.05, 3.63) is 106 Å². The summed E-state index contributed by atoms with van der Waals surface area (Å²) in [4.78, 5) is 28.7. The minimum absolute atomic E-state index is 0.333. The van der Waals surface area contributed by atoms with Gasteiger partial charge in [0.25, 0.3) is 11.1 Å². The first-order chi connectivity index (χ1) is 17.5. The van der Waals surface area contributed by atoms with Crippen molar-refractivity contribution in [3.63, 3.8) is 0 Å². The number of rotatable bonds is 8. The quantitative estimate of drug-likeness (QED) is 0.311. The zero-order valence-corrected chi connectivity index (χ0v) is 20.5. The van der Waals surface area contributed by atoms with E-state index in [4.69, 9.17) is 4.42 Å². The molecule has 1 fully saturated rings. The van der Waals surface area contributed by atoms with Gasteiger partial charge in [-0.1, -0.05) is 48.5 Å². The van der Waals surface area contributed by atoms with Crippen LogP contribution >= 0.6 is 11.8 Å². The normalized spacial score (nSPS) is 15.4. The topological polar surface area (TPSA) is 97.4 Å². The number of carbonyl (C=O) groups is 2. The first kappa shape index (κ1) is 23.8. The molecule has 1 saturated heterocycles. The molecule has 0 aliphatic carbocycles. The van der Waals surface area contributed by atoms with E-state index in [0.717, 1.165) is 45.7 Å². The number of nitrogens with one attached hydrogen (secondary N) is 1. The molecule has 2 aromatic carbocycles. The summed E-state index contributed by atoms with van der Waals surface area (Å²) in [6.07, 6.45) is 1.93. The van der Waals surface area contributed by atoms with Gasteiger partial charge in [0.05, 0.1) is 16.7 Å². The molecule has 0 spiro atoms. The fourth-order valence-corrected chi connectivity index (χ4v) is 4.87. The van der Waals surface area contributed by atoms with Gasteiger partial charge in [0.2, 0.25) is 5.89 Å². The molecular weight excluding hydrogens is 474 g/mol. The summed E-state index contributed by atoms with van der Waals surface area (Å²) in [5.74, 6) is 0.899. The number of hydrogen-bond donors (Lipinski definition) is 2. The van der Waals surface area contributed by atoms with Gasteiger partial charge in [-0.15, -0.1) is 0 Å². The van der Waals surface area contributed by atoms with E-state index in [-0.39, 0.29) is 5.24 Å². The Balaban J connectivity index is 1.39. The molecule has 1 aliphatic rings. The Kier molecular flexibility index (Phi) is 6.88. The van der Waals surface area contributed by atoms with Gasteiger partial charge in [-0.3, -0.25) is 14.9 Å². The molecule has 4 aromatic rings. The molecule has 7 nitrogen and oxygen atoms in total. The second-order valence-electron chi connectivity index (χ2n) is 8.55. The molecule has 5 rings (SSSR count). The Morgan fingerprint density at radius 3 is 2.47 bits per heavy atom. The molecule has 0 radical (unpaired) electrons. The smallest absolute Gasteiger partial charge is 0.290 e. The Morgan fingerprint density at radius 2 is 1.78 bits per heavy atom. The summed E-state index contributed by atoms with van der Waals surface area (Å²) in [6.45, 7) is 2.40. The first-order valence-corrected chi connectivity index (χ1v) is 12.5. The highest BCUT2D eigenvalue weighted by molar-refractivity contribution is 8.18. The molecule has 36 heavy (non-hydrogen) atoms. The van der Waals surface area contributed by atoms with E-state index in [1.165, 1.54) is 0 Å². The lowest BCUT2D eigenvalue weighted by atomic mass is 10.1. The third kappa shape index (κ3) is 5.19. The summed E-state index contributed by atoms with van der Waals surface area (Å²) >= 11 is 0.878. The number of nitrogens with zero attached hydrogens (tertiary/aromatic N) is 2. The molecule has 1 aliphatic heterocycles. The zero-order valence-electron chi connectivity index (χ0n) is 19.7. The highest BCUT2D eigenvalue weighted by atomic mass is 32.2. The van der Waals surface area contributed by atoms with Crippen LogP contribution in [-0.4, -0.2) is 25.8 Å². The van der Waals surface area contributed by atoms with E-state index in [2.05, 4.69) is 10.3 Å². The highest BCUT2D eigenvalue weighted by Crippen LogP contribution is 2.30. The molecule has 1 atom stereocenters. The number of imide groups is 1. The molecule has 3 heterocycles. The van der Waals surface area contributed by atoms with Crippen molar-refractivity contribution in [2.45, 2.75) is 32.4 Å². The number of aryl methyl sites for hydroxylation is 2. The largest absolute Gasteiger partial charge is 0.441 e. The average molecular weight is 500 g/mol. The lowest BCUT2D eigenvalue weighted by Crippen LogP contribution is -2.18. The van der Waals surface area contributed by atoms with Gasteiger partial charge in [-0.05, 0) is 67.4 Å². The number of hydrogen-bond acceptors (Lipinski definition) is 6. The van der Waals surface area contributed by atoms with E-state index >= 15 is 0 Å². The van der Waals surface area contributed by atoms with Gasteiger partial charge in [-0.2, -0.15) is 0 Å². The average Bonchev–Trinajstić information content (AvgIpc) is 3.55. The van der Waals surface area contributed by atoms with Crippen LogP contribution < -0.4 is 5.32 Å². The number of amides is 2. The molecule has 0 saturated carbocycles. The summed E-state index contributed by atoms with van der Waals surface area (Å²) in [5.41, 5.74) is 4.25. The van der Waals surface area contributed by atoms with Crippen molar-refractivity contribution in [2.24, 2.45) is 0 Å². The number of aliphatic hydroxyl groups is 1. The minimum atomic E-state index is -0.760. The van der Waals surface area contributed by atoms with Crippen molar-refractivity contribution < 1.29 is 19.1 Å². The Bertz CT molecular complexity index is 1420. The number of thioether (sulfide) groups is 1. The highest BCUT2D eigenvalue weighted by Gasteiger charge is 2.26. The number of aromatic nitrogens is 2. The Morgan fingerprint density at radius 1 is 1.06 bits per heavy atom. The molecule has 8 heteroatoms. The third-order valence-electron chi connectivity index (χ3n) is 6.06. The van der Waals surface area contributed by atoms with Crippen LogP contribution in [0.4, 0.5) is 4.79 Å². The van der Waals surface area contributed by atoms with Crippen LogP contribution in [0.1, 0.15) is 40.9 Å². The van der Waals surface area contributed by atoms with Crippen LogP contribution in [0, 0.1) is 6.92 Å². The molecule has 2 N–H and O–H groups in total. The molecular formula is C28H25N3O4S. The zero-order chi connectivity index (χ0) is 25.1. The molecule has 2 aromatic heterocycles. The number of aliphatic hydroxyl groups excluding tert-OH is 1. The maximum Gasteiger partial charge on any atom is 0.290 e. The Hall–Kier alpha value is -3.88. The second-order valence-corrected chi connectivity index (χ2v) is 9.56. The predicted molar refractivity (Wildman–Crippen MR) is 139 cm³/mol. The van der Waals surface area contributed by atoms with Crippen molar-refractivity contribution in [1.29, 1.82) is 0 Å². The van der Waals surface area contributed by atoms with E-state index < -0.39 is 12.0 Å². The van der Waals surface area contributed by atoms with Gasteiger partial charge in [-0.25, -0.2) is 4.98 Å². The standard InChI is InChI=1S/C28H25N3O4S/c1-18-22(29-27(35-18)20-10-6-3-7-11-20)13-15-24(32)23-14-12-21(16-25-26(33)30-28(34)36-25)31(23)17-19-8-4-2-5-9-19/h2-12,14,16,24,32H,13,15,17H2,1H3,(H,30,33,34)/b25-16+. The number of oxazole rings is 1. The summed E-state index contributed by atoms with van der Waals surface area (Å²) in [5, 5.41) is 13.1. The van der Waals surface area contributed by atoms with Crippen molar-refractivity contribution in [3.8, 4) is 11.5 Å². The minimum Gasteiger partial charge on any atom is -0.441 e. The molecule has 182 valence electrons. The predicted octanol–water partition coefficient (Wildman–Crippen LogP) is 5.49. The van der Waals surface area contributed by atoms with Crippen molar-refractivity contribution >= 4 is 29.0 Å². The van der Waals surface area contributed by atoms with Gasteiger partial charge in [0.1, 0.15) is 5.76 Å². The van der Waals surface area contributed by atoms with Gasteiger partial charge in [0, 0.05) is 23.5 Å². The summed E-state index contributed by atoms with van der Waals surface area (Å²) < 4.78 is 7.85. The SMILES string of the molecule is Cc1oc(-c2ccccc2)nc1CCC(O)c1ccc(/C=C2/SC(=O)NC2=O)n1Cc1ccccc1. The lowest BCUT2D eigenvalue weighted by Gasteiger charge is -2.17. The van der Waals surface area contributed by atoms with E-state index in [0.29, 0.717) is 30.2 Å². The fraction of sp³-hybridized carbons (Fsp3) is 0.179. The van der Waals surface area contributed by atoms with Crippen LogP contribution in [0.5, 0.6) is 0 Å². The van der Waals surface area contributed by atoms with Gasteiger partial charge >= 0.3 is 0 Å². The van der Waals surface area contributed by atoms with Gasteiger partial charge < -0.3 is 14.1 Å². The van der Waals surface area contributed by atoms with Crippen LogP contribution in [0.2, 0.25) is 0 Å². The number of benzene rings is 2. The monoisotopic (exact) mass is 499 g/mol. The van der Waals surface area contributed by atoms with Crippen LogP contribution in [0.15, 0.2) is 82.1 Å². The second kappa shape index (κ2) is 10.4. The summed E-state index contributed by atoms with van der Waals surface area (Å²) in [6, 6.07) is 23.4. The van der Waals surface area contributed by atoms with E-state index in [1.54, 1.807) is 6.08 Å². The maximum atomic E-state index is 12.1. The van der Waals surface area contributed by atoms with E-state index in [9.17, 15) is 14.7 Å². The fourth-order valence-electron chi connectivity index (χ4n) is 4.21. The molecule has 2 amide bonds. The maximum absolute atomic E-state index is 12.1. The van der Waals surface area contributed by atoms with Crippen LogP contribution in [0.25, 0.3) is 17.5 Å². The van der Waals surface area contributed by atoms with Crippen molar-refractivity contribution in [1.82, 2.24) is 14.9 Å². The molecule has 0 bridgehead atoms. The van der Waals surface area contributed by atoms with Gasteiger partial charge in [0.15, 0.2) is 0 Å². The summed E-state index contributed by atoms with van der Waals surface area (Å²) in [7, 11) is 0. The first-order valence-electron chi connectivity index (χ1n) is 11.7. The van der Waals surface area contributed by atoms with Crippen LogP contribution in [0.3, 0.4) is 0 Å². The molecule has 1 unspecified atom stereocenters.